The maximum Gasteiger partial charge on any atom is 0.244 e. The molecule has 0 aromatic heterocycles. The molecule has 1 fully saturated rings. The van der Waals surface area contributed by atoms with Crippen LogP contribution in [0, 0.1) is 5.92 Å². The van der Waals surface area contributed by atoms with E-state index in [2.05, 4.69) is 34.5 Å². The van der Waals surface area contributed by atoms with Gasteiger partial charge >= 0.3 is 0 Å². The number of nitrogens with one attached hydrogen (secondary N) is 1. The van der Waals surface area contributed by atoms with E-state index in [9.17, 15) is 9.59 Å². The van der Waals surface area contributed by atoms with Crippen LogP contribution in [0.1, 0.15) is 25.0 Å². The minimum atomic E-state index is -0.499. The van der Waals surface area contributed by atoms with E-state index in [1.165, 1.54) is 5.56 Å². The molecule has 154 valence electrons. The van der Waals surface area contributed by atoms with Crippen molar-refractivity contribution in [2.24, 2.45) is 5.92 Å². The topological polar surface area (TPSA) is 52.7 Å². The third-order valence-corrected chi connectivity index (χ3v) is 5.49. The summed E-state index contributed by atoms with van der Waals surface area (Å²) in [5, 5.41) is 2.90. The SMILES string of the molecule is CC(Cc1ccccc1)C(=O)N[C@@H](C)C(=O)N1CCN(Cc2ccccc2)CC1. The monoisotopic (exact) mass is 393 g/mol. The minimum Gasteiger partial charge on any atom is -0.344 e. The van der Waals surface area contributed by atoms with E-state index >= 15 is 0 Å². The zero-order valence-electron chi connectivity index (χ0n) is 17.4. The lowest BCUT2D eigenvalue weighted by atomic mass is 10.00. The molecule has 1 unspecified atom stereocenters. The normalized spacial score (nSPS) is 16.8. The third-order valence-electron chi connectivity index (χ3n) is 5.49. The molecular weight excluding hydrogens is 362 g/mol. The van der Waals surface area contributed by atoms with Crippen LogP contribution in [-0.4, -0.2) is 53.8 Å². The van der Waals surface area contributed by atoms with Crippen LogP contribution in [-0.2, 0) is 22.6 Å². The van der Waals surface area contributed by atoms with Crippen LogP contribution in [0.4, 0.5) is 0 Å². The first-order valence-electron chi connectivity index (χ1n) is 10.4. The molecule has 0 aliphatic carbocycles. The lowest BCUT2D eigenvalue weighted by molar-refractivity contribution is -0.138. The largest absolute Gasteiger partial charge is 0.344 e. The summed E-state index contributed by atoms with van der Waals surface area (Å²) >= 11 is 0. The van der Waals surface area contributed by atoms with Crippen LogP contribution in [0.25, 0.3) is 0 Å². The molecular formula is C24H31N3O2. The van der Waals surface area contributed by atoms with Crippen molar-refractivity contribution in [3.8, 4) is 0 Å². The number of piperazine rings is 1. The minimum absolute atomic E-state index is 0.00428. The number of amides is 2. The molecule has 2 aromatic carbocycles. The Morgan fingerprint density at radius 3 is 2.00 bits per heavy atom. The number of rotatable bonds is 7. The average molecular weight is 394 g/mol. The summed E-state index contributed by atoms with van der Waals surface area (Å²) < 4.78 is 0. The Kier molecular flexibility index (Phi) is 7.42. The highest BCUT2D eigenvalue weighted by Gasteiger charge is 2.27. The van der Waals surface area contributed by atoms with Crippen LogP contribution in [0.3, 0.4) is 0 Å². The van der Waals surface area contributed by atoms with Gasteiger partial charge in [0.15, 0.2) is 0 Å². The first-order valence-corrected chi connectivity index (χ1v) is 10.4. The molecule has 3 rings (SSSR count). The molecule has 0 radical (unpaired) electrons. The van der Waals surface area contributed by atoms with Crippen molar-refractivity contribution in [3.05, 3.63) is 71.8 Å². The predicted octanol–water partition coefficient (Wildman–Crippen LogP) is 2.71. The first-order chi connectivity index (χ1) is 14.0. The Balaban J connectivity index is 1.43. The zero-order valence-corrected chi connectivity index (χ0v) is 17.4. The van der Waals surface area contributed by atoms with Crippen LogP contribution in [0.2, 0.25) is 0 Å². The standard InChI is InChI=1S/C24H31N3O2/c1-19(17-21-9-5-3-6-10-21)23(28)25-20(2)24(29)27-15-13-26(14-16-27)18-22-11-7-4-8-12-22/h3-12,19-20H,13-18H2,1-2H3,(H,25,28)/t19?,20-/m0/s1. The van der Waals surface area contributed by atoms with Crippen molar-refractivity contribution in [2.75, 3.05) is 26.2 Å². The lowest BCUT2D eigenvalue weighted by Crippen LogP contribution is -2.54. The van der Waals surface area contributed by atoms with Crippen LogP contribution in [0.5, 0.6) is 0 Å². The summed E-state index contributed by atoms with van der Waals surface area (Å²) in [5.41, 5.74) is 2.42. The quantitative estimate of drug-likeness (QED) is 0.787. The van der Waals surface area contributed by atoms with Crippen molar-refractivity contribution < 1.29 is 9.59 Å². The Labute approximate surface area is 173 Å². The molecule has 1 heterocycles. The van der Waals surface area contributed by atoms with Crippen LogP contribution >= 0.6 is 0 Å². The van der Waals surface area contributed by atoms with Crippen LogP contribution < -0.4 is 5.32 Å². The predicted molar refractivity (Wildman–Crippen MR) is 115 cm³/mol. The van der Waals surface area contributed by atoms with Gasteiger partial charge in [-0.05, 0) is 24.5 Å². The number of hydrogen-bond acceptors (Lipinski definition) is 3. The van der Waals surface area contributed by atoms with E-state index < -0.39 is 6.04 Å². The molecule has 2 atom stereocenters. The van der Waals surface area contributed by atoms with Gasteiger partial charge in [0.1, 0.15) is 6.04 Å². The van der Waals surface area contributed by atoms with Gasteiger partial charge in [0.25, 0.3) is 0 Å². The van der Waals surface area contributed by atoms with Crippen molar-refractivity contribution in [2.45, 2.75) is 32.9 Å². The highest BCUT2D eigenvalue weighted by Crippen LogP contribution is 2.11. The molecule has 5 heteroatoms. The number of hydrogen-bond donors (Lipinski definition) is 1. The lowest BCUT2D eigenvalue weighted by Gasteiger charge is -2.36. The molecule has 0 saturated carbocycles. The fraction of sp³-hybridized carbons (Fsp3) is 0.417. The third kappa shape index (κ3) is 6.16. The molecule has 1 aliphatic heterocycles. The van der Waals surface area contributed by atoms with Gasteiger partial charge in [-0.25, -0.2) is 0 Å². The summed E-state index contributed by atoms with van der Waals surface area (Å²) in [4.78, 5) is 29.5. The van der Waals surface area contributed by atoms with Gasteiger partial charge in [0.2, 0.25) is 11.8 Å². The Bertz CT molecular complexity index is 786. The second kappa shape index (κ2) is 10.2. The van der Waals surface area contributed by atoms with Crippen molar-refractivity contribution in [1.82, 2.24) is 15.1 Å². The number of nitrogens with zero attached hydrogens (tertiary/aromatic N) is 2. The van der Waals surface area contributed by atoms with Gasteiger partial charge in [-0.1, -0.05) is 67.6 Å². The van der Waals surface area contributed by atoms with Gasteiger partial charge in [0, 0.05) is 38.6 Å². The van der Waals surface area contributed by atoms with Gasteiger partial charge in [-0.15, -0.1) is 0 Å². The second-order valence-electron chi connectivity index (χ2n) is 7.91. The van der Waals surface area contributed by atoms with E-state index in [4.69, 9.17) is 0 Å². The van der Waals surface area contributed by atoms with E-state index in [0.29, 0.717) is 19.5 Å². The molecule has 1 aliphatic rings. The molecule has 1 saturated heterocycles. The highest BCUT2D eigenvalue weighted by atomic mass is 16.2. The Hall–Kier alpha value is -2.66. The molecule has 2 amide bonds. The molecule has 1 N–H and O–H groups in total. The second-order valence-corrected chi connectivity index (χ2v) is 7.91. The summed E-state index contributed by atoms with van der Waals surface area (Å²) in [6.45, 7) is 7.70. The number of benzene rings is 2. The summed E-state index contributed by atoms with van der Waals surface area (Å²) in [6, 6.07) is 19.9. The summed E-state index contributed by atoms with van der Waals surface area (Å²) in [5.74, 6) is -0.239. The first kappa shape index (κ1) is 21.1. The molecule has 0 spiro atoms. The zero-order chi connectivity index (χ0) is 20.6. The molecule has 0 bridgehead atoms. The summed E-state index contributed by atoms with van der Waals surface area (Å²) in [6.07, 6.45) is 0.672. The number of carbonyl (C=O) groups excluding carboxylic acids is 2. The van der Waals surface area contributed by atoms with Crippen LogP contribution in [0.15, 0.2) is 60.7 Å². The Morgan fingerprint density at radius 2 is 1.41 bits per heavy atom. The van der Waals surface area contributed by atoms with E-state index in [0.717, 1.165) is 25.2 Å². The smallest absolute Gasteiger partial charge is 0.244 e. The van der Waals surface area contributed by atoms with Gasteiger partial charge < -0.3 is 10.2 Å². The maximum absolute atomic E-state index is 12.8. The van der Waals surface area contributed by atoms with Crippen molar-refractivity contribution in [1.29, 1.82) is 0 Å². The molecule has 5 nitrogen and oxygen atoms in total. The molecule has 29 heavy (non-hydrogen) atoms. The Morgan fingerprint density at radius 1 is 0.862 bits per heavy atom. The fourth-order valence-corrected chi connectivity index (χ4v) is 3.72. The van der Waals surface area contributed by atoms with Gasteiger partial charge in [-0.3, -0.25) is 14.5 Å². The average Bonchev–Trinajstić information content (AvgIpc) is 2.75. The van der Waals surface area contributed by atoms with E-state index in [1.54, 1.807) is 6.92 Å². The van der Waals surface area contributed by atoms with E-state index in [1.807, 2.05) is 48.2 Å². The van der Waals surface area contributed by atoms with Crippen molar-refractivity contribution >= 4 is 11.8 Å². The molecule has 2 aromatic rings. The van der Waals surface area contributed by atoms with Gasteiger partial charge in [-0.2, -0.15) is 0 Å². The van der Waals surface area contributed by atoms with E-state index in [-0.39, 0.29) is 17.7 Å². The highest BCUT2D eigenvalue weighted by molar-refractivity contribution is 5.88. The fourth-order valence-electron chi connectivity index (χ4n) is 3.72. The number of carbonyl (C=O) groups is 2. The van der Waals surface area contributed by atoms with Gasteiger partial charge in [0.05, 0.1) is 0 Å². The maximum atomic E-state index is 12.8. The summed E-state index contributed by atoms with van der Waals surface area (Å²) in [7, 11) is 0. The van der Waals surface area contributed by atoms with Crippen molar-refractivity contribution in [3.63, 3.8) is 0 Å².